The lowest BCUT2D eigenvalue weighted by atomic mass is 10.2. The molecule has 31 heavy (non-hydrogen) atoms. The lowest BCUT2D eigenvalue weighted by Crippen LogP contribution is -2.41. The average Bonchev–Trinajstić information content (AvgIpc) is 3.45. The Labute approximate surface area is 181 Å². The van der Waals surface area contributed by atoms with E-state index < -0.39 is 0 Å². The number of hydrogen-bond donors (Lipinski definition) is 1. The van der Waals surface area contributed by atoms with Gasteiger partial charge in [-0.15, -0.1) is 0 Å². The first-order valence-corrected chi connectivity index (χ1v) is 10.9. The molecule has 0 bridgehead atoms. The molecule has 1 unspecified atom stereocenters. The van der Waals surface area contributed by atoms with Gasteiger partial charge < -0.3 is 19.4 Å². The molecule has 9 heteroatoms. The summed E-state index contributed by atoms with van der Waals surface area (Å²) < 4.78 is 7.41. The van der Waals surface area contributed by atoms with Gasteiger partial charge in [0.1, 0.15) is 5.82 Å². The molecule has 162 valence electrons. The number of ether oxygens (including phenoxy) is 1. The fourth-order valence-electron chi connectivity index (χ4n) is 4.41. The average molecular weight is 422 g/mol. The maximum Gasteiger partial charge on any atom is 0.272 e. The van der Waals surface area contributed by atoms with Crippen LogP contribution in [0.15, 0.2) is 42.9 Å². The number of morpholine rings is 1. The standard InChI is InChI=1S/C22H27N7O2/c30-21(23-9-12-27-13-15-31-16-14-27)19-17-5-1-2-10-28(17)20(26-19)18-6-3-11-29(18)22-24-7-4-8-25-22/h1-2,4-5,7-8,10,18H,3,6,9,11-16H2,(H,23,30). The molecule has 3 aromatic rings. The molecule has 0 aliphatic carbocycles. The van der Waals surface area contributed by atoms with Crippen molar-refractivity contribution in [2.75, 3.05) is 50.8 Å². The van der Waals surface area contributed by atoms with Crippen LogP contribution in [-0.4, -0.2) is 76.1 Å². The Morgan fingerprint density at radius 2 is 1.97 bits per heavy atom. The molecule has 5 heterocycles. The first-order valence-electron chi connectivity index (χ1n) is 10.9. The van der Waals surface area contributed by atoms with Gasteiger partial charge in [0.15, 0.2) is 5.69 Å². The molecule has 0 saturated carbocycles. The molecule has 1 amide bonds. The van der Waals surface area contributed by atoms with E-state index in [0.29, 0.717) is 18.2 Å². The van der Waals surface area contributed by atoms with E-state index >= 15 is 0 Å². The number of pyridine rings is 1. The number of nitrogens with one attached hydrogen (secondary N) is 1. The molecule has 2 saturated heterocycles. The third kappa shape index (κ3) is 4.11. The second-order valence-electron chi connectivity index (χ2n) is 7.88. The van der Waals surface area contributed by atoms with Crippen LogP contribution in [0.1, 0.15) is 35.2 Å². The molecular formula is C22H27N7O2. The van der Waals surface area contributed by atoms with Crippen molar-refractivity contribution in [3.8, 4) is 0 Å². The van der Waals surface area contributed by atoms with Crippen LogP contribution >= 0.6 is 0 Å². The van der Waals surface area contributed by atoms with Gasteiger partial charge in [0, 0.05) is 51.3 Å². The molecule has 0 spiro atoms. The normalized spacial score (nSPS) is 19.7. The van der Waals surface area contributed by atoms with E-state index in [2.05, 4.69) is 25.1 Å². The van der Waals surface area contributed by atoms with Gasteiger partial charge in [0.2, 0.25) is 5.95 Å². The monoisotopic (exact) mass is 421 g/mol. The third-order valence-electron chi connectivity index (χ3n) is 5.97. The Kier molecular flexibility index (Phi) is 5.77. The number of aromatic nitrogens is 4. The summed E-state index contributed by atoms with van der Waals surface area (Å²) in [5, 5.41) is 3.05. The third-order valence-corrected chi connectivity index (χ3v) is 5.97. The van der Waals surface area contributed by atoms with Crippen LogP contribution < -0.4 is 10.2 Å². The maximum atomic E-state index is 13.0. The predicted molar refractivity (Wildman–Crippen MR) is 116 cm³/mol. The van der Waals surface area contributed by atoms with Crippen LogP contribution in [0.4, 0.5) is 5.95 Å². The number of fused-ring (bicyclic) bond motifs is 1. The summed E-state index contributed by atoms with van der Waals surface area (Å²) in [7, 11) is 0. The van der Waals surface area contributed by atoms with E-state index in [1.54, 1.807) is 12.4 Å². The molecule has 2 aliphatic heterocycles. The zero-order chi connectivity index (χ0) is 21.0. The topological polar surface area (TPSA) is 87.9 Å². The minimum atomic E-state index is -0.135. The van der Waals surface area contributed by atoms with E-state index in [9.17, 15) is 4.79 Å². The predicted octanol–water partition coefficient (Wildman–Crippen LogP) is 1.53. The van der Waals surface area contributed by atoms with Crippen molar-refractivity contribution in [1.29, 1.82) is 0 Å². The summed E-state index contributed by atoms with van der Waals surface area (Å²) in [6, 6.07) is 7.71. The Morgan fingerprint density at radius 3 is 2.81 bits per heavy atom. The SMILES string of the molecule is O=C(NCCN1CCOCC1)c1nc(C2CCCN2c2ncccn2)n2ccccc12. The first-order chi connectivity index (χ1) is 15.3. The zero-order valence-electron chi connectivity index (χ0n) is 17.5. The van der Waals surface area contributed by atoms with Crippen LogP contribution in [0, 0.1) is 0 Å². The number of rotatable bonds is 6. The van der Waals surface area contributed by atoms with Crippen molar-refractivity contribution in [2.45, 2.75) is 18.9 Å². The van der Waals surface area contributed by atoms with Crippen molar-refractivity contribution in [3.05, 3.63) is 54.4 Å². The van der Waals surface area contributed by atoms with Gasteiger partial charge in [-0.3, -0.25) is 9.69 Å². The van der Waals surface area contributed by atoms with Gasteiger partial charge in [-0.2, -0.15) is 0 Å². The van der Waals surface area contributed by atoms with E-state index in [1.165, 1.54) is 0 Å². The number of amides is 1. The number of anilines is 1. The molecule has 3 aromatic heterocycles. The van der Waals surface area contributed by atoms with Crippen LogP contribution in [-0.2, 0) is 4.74 Å². The first kappa shape index (κ1) is 19.9. The summed E-state index contributed by atoms with van der Waals surface area (Å²) in [6.07, 6.45) is 7.48. The Bertz CT molecular complexity index is 1030. The van der Waals surface area contributed by atoms with Crippen LogP contribution in [0.2, 0.25) is 0 Å². The van der Waals surface area contributed by atoms with Crippen LogP contribution in [0.5, 0.6) is 0 Å². The highest BCUT2D eigenvalue weighted by Crippen LogP contribution is 2.34. The number of carbonyl (C=O) groups excluding carboxylic acids is 1. The zero-order valence-corrected chi connectivity index (χ0v) is 17.5. The van der Waals surface area contributed by atoms with Gasteiger partial charge >= 0.3 is 0 Å². The van der Waals surface area contributed by atoms with Crippen LogP contribution in [0.25, 0.3) is 5.52 Å². The fraction of sp³-hybridized carbons (Fsp3) is 0.455. The quantitative estimate of drug-likeness (QED) is 0.646. The molecule has 2 aliphatic rings. The number of imidazole rings is 1. The van der Waals surface area contributed by atoms with E-state index in [4.69, 9.17) is 9.72 Å². The molecule has 0 radical (unpaired) electrons. The lowest BCUT2D eigenvalue weighted by Gasteiger charge is -2.26. The Hall–Kier alpha value is -3.04. The second kappa shape index (κ2) is 8.99. The summed E-state index contributed by atoms with van der Waals surface area (Å²) in [4.78, 5) is 31.2. The number of hydrogen-bond acceptors (Lipinski definition) is 7. The van der Waals surface area contributed by atoms with Crippen molar-refractivity contribution in [1.82, 2.24) is 29.6 Å². The molecular weight excluding hydrogens is 394 g/mol. The highest BCUT2D eigenvalue weighted by atomic mass is 16.5. The fourth-order valence-corrected chi connectivity index (χ4v) is 4.41. The highest BCUT2D eigenvalue weighted by Gasteiger charge is 2.32. The smallest absolute Gasteiger partial charge is 0.272 e. The van der Waals surface area contributed by atoms with Gasteiger partial charge in [0.05, 0.1) is 24.8 Å². The van der Waals surface area contributed by atoms with E-state index in [1.807, 2.05) is 34.9 Å². The molecule has 2 fully saturated rings. The van der Waals surface area contributed by atoms with Crippen molar-refractivity contribution < 1.29 is 9.53 Å². The Morgan fingerprint density at radius 1 is 1.13 bits per heavy atom. The van der Waals surface area contributed by atoms with Crippen molar-refractivity contribution in [2.24, 2.45) is 0 Å². The van der Waals surface area contributed by atoms with E-state index in [-0.39, 0.29) is 11.9 Å². The van der Waals surface area contributed by atoms with E-state index in [0.717, 1.165) is 63.6 Å². The maximum absolute atomic E-state index is 13.0. The lowest BCUT2D eigenvalue weighted by molar-refractivity contribution is 0.0383. The molecule has 0 aromatic carbocycles. The van der Waals surface area contributed by atoms with Gasteiger partial charge in [-0.05, 0) is 31.0 Å². The van der Waals surface area contributed by atoms with Crippen LogP contribution in [0.3, 0.4) is 0 Å². The molecule has 9 nitrogen and oxygen atoms in total. The molecule has 5 rings (SSSR count). The van der Waals surface area contributed by atoms with Crippen molar-refractivity contribution >= 4 is 17.4 Å². The Balaban J connectivity index is 1.37. The summed E-state index contributed by atoms with van der Waals surface area (Å²) in [5.74, 6) is 1.43. The summed E-state index contributed by atoms with van der Waals surface area (Å²) in [5.41, 5.74) is 1.29. The van der Waals surface area contributed by atoms with Crippen molar-refractivity contribution in [3.63, 3.8) is 0 Å². The molecule has 1 atom stereocenters. The largest absolute Gasteiger partial charge is 0.379 e. The second-order valence-corrected chi connectivity index (χ2v) is 7.88. The van der Waals surface area contributed by atoms with Gasteiger partial charge in [-0.25, -0.2) is 15.0 Å². The minimum Gasteiger partial charge on any atom is -0.379 e. The van der Waals surface area contributed by atoms with Gasteiger partial charge in [-0.1, -0.05) is 6.07 Å². The number of carbonyl (C=O) groups is 1. The number of nitrogens with zero attached hydrogens (tertiary/aromatic N) is 6. The van der Waals surface area contributed by atoms with Gasteiger partial charge in [0.25, 0.3) is 5.91 Å². The minimum absolute atomic E-state index is 0.0344. The molecule has 1 N–H and O–H groups in total. The summed E-state index contributed by atoms with van der Waals surface area (Å²) >= 11 is 0. The summed E-state index contributed by atoms with van der Waals surface area (Å²) in [6.45, 7) is 5.61. The highest BCUT2D eigenvalue weighted by molar-refractivity contribution is 5.99.